The molecule has 0 aromatic carbocycles. The fraction of sp³-hybridized carbons (Fsp3) is 1.00. The fourth-order valence-electron chi connectivity index (χ4n) is 2.81. The van der Waals surface area contributed by atoms with E-state index in [1.54, 1.807) is 0 Å². The molecule has 1 saturated carbocycles. The van der Waals surface area contributed by atoms with Gasteiger partial charge in [-0.2, -0.15) is 0 Å². The molecule has 2 bridgehead atoms. The third kappa shape index (κ3) is 1.08. The minimum absolute atomic E-state index is 0.00502. The molecule has 3 fully saturated rings. The van der Waals surface area contributed by atoms with Crippen LogP contribution in [0.4, 0.5) is 4.39 Å². The Morgan fingerprint density at radius 3 is 2.67 bits per heavy atom. The van der Waals surface area contributed by atoms with Crippen LogP contribution in [0.1, 0.15) is 26.7 Å². The van der Waals surface area contributed by atoms with Crippen LogP contribution < -0.4 is 0 Å². The van der Waals surface area contributed by atoms with Crippen LogP contribution in [0.25, 0.3) is 0 Å². The maximum Gasteiger partial charge on any atom is 0.108 e. The predicted molar refractivity (Wildman–Crippen MR) is 47.8 cm³/mol. The lowest BCUT2D eigenvalue weighted by Crippen LogP contribution is -2.48. The average molecular weight is 171 g/mol. The first kappa shape index (κ1) is 8.49. The Bertz CT molecular complexity index is 173. The molecule has 3 rings (SSSR count). The first-order chi connectivity index (χ1) is 5.66. The summed E-state index contributed by atoms with van der Waals surface area (Å²) in [5.74, 6) is 1.49. The van der Waals surface area contributed by atoms with Crippen molar-refractivity contribution in [2.24, 2.45) is 11.8 Å². The maximum atomic E-state index is 12.8. The Labute approximate surface area is 73.9 Å². The molecule has 2 heteroatoms. The van der Waals surface area contributed by atoms with Crippen LogP contribution in [0.2, 0.25) is 0 Å². The Balaban J connectivity index is 1.98. The number of alkyl halides is 1. The molecule has 3 aliphatic rings. The predicted octanol–water partition coefficient (Wildman–Crippen LogP) is 2.08. The summed E-state index contributed by atoms with van der Waals surface area (Å²) in [6, 6.07) is 0. The quantitative estimate of drug-likeness (QED) is 0.628. The van der Waals surface area contributed by atoms with E-state index in [4.69, 9.17) is 0 Å². The van der Waals surface area contributed by atoms with Gasteiger partial charge in [0.1, 0.15) is 6.67 Å². The minimum atomic E-state index is -0.129. The van der Waals surface area contributed by atoms with E-state index in [9.17, 15) is 4.39 Å². The van der Waals surface area contributed by atoms with Gasteiger partial charge in [-0.3, -0.25) is 4.90 Å². The van der Waals surface area contributed by atoms with E-state index in [0.29, 0.717) is 5.92 Å². The highest BCUT2D eigenvalue weighted by atomic mass is 19.1. The van der Waals surface area contributed by atoms with Gasteiger partial charge in [0.2, 0.25) is 0 Å². The SMILES string of the molecule is CC(C)CN1CC2CC1(CF)C2. The van der Waals surface area contributed by atoms with Crippen molar-refractivity contribution in [2.45, 2.75) is 32.2 Å². The van der Waals surface area contributed by atoms with Crippen molar-refractivity contribution in [1.82, 2.24) is 4.90 Å². The highest BCUT2D eigenvalue weighted by Gasteiger charge is 2.55. The largest absolute Gasteiger partial charge is 0.294 e. The van der Waals surface area contributed by atoms with Crippen LogP contribution in [0.15, 0.2) is 0 Å². The molecule has 2 heterocycles. The number of rotatable bonds is 3. The molecule has 0 unspecified atom stereocenters. The normalized spacial score (nSPS) is 40.5. The van der Waals surface area contributed by atoms with Gasteiger partial charge < -0.3 is 0 Å². The van der Waals surface area contributed by atoms with Crippen LogP contribution in [0.3, 0.4) is 0 Å². The molecule has 2 aliphatic heterocycles. The molecule has 0 radical (unpaired) electrons. The molecular formula is C10H18FN. The van der Waals surface area contributed by atoms with E-state index in [0.717, 1.165) is 31.8 Å². The van der Waals surface area contributed by atoms with Gasteiger partial charge in [-0.1, -0.05) is 13.8 Å². The third-order valence-corrected chi connectivity index (χ3v) is 3.32. The first-order valence-electron chi connectivity index (χ1n) is 4.97. The second-order valence-electron chi connectivity index (χ2n) is 4.93. The van der Waals surface area contributed by atoms with Gasteiger partial charge in [-0.25, -0.2) is 4.39 Å². The summed E-state index contributed by atoms with van der Waals surface area (Å²) in [6.07, 6.45) is 2.24. The standard InChI is InChI=1S/C10H18FN/c1-8(2)5-12-6-9-3-10(12,4-9)7-11/h8-9H,3-7H2,1-2H3. The summed E-state index contributed by atoms with van der Waals surface area (Å²) in [5.41, 5.74) is -0.00502. The summed E-state index contributed by atoms with van der Waals surface area (Å²) in [4.78, 5) is 2.38. The molecule has 0 N–H and O–H groups in total. The molecule has 0 atom stereocenters. The summed E-state index contributed by atoms with van der Waals surface area (Å²) in [6.45, 7) is 6.53. The first-order valence-corrected chi connectivity index (χ1v) is 4.97. The number of hydrogen-bond donors (Lipinski definition) is 0. The molecule has 70 valence electrons. The zero-order valence-electron chi connectivity index (χ0n) is 8.02. The lowest BCUT2D eigenvalue weighted by atomic mass is 9.74. The molecular weight excluding hydrogens is 153 g/mol. The molecule has 0 aromatic heterocycles. The number of fused-ring (bicyclic) bond motifs is 1. The van der Waals surface area contributed by atoms with E-state index in [2.05, 4.69) is 18.7 Å². The average Bonchev–Trinajstić information content (AvgIpc) is 2.38. The smallest absolute Gasteiger partial charge is 0.108 e. The molecule has 2 saturated heterocycles. The van der Waals surface area contributed by atoms with Crippen molar-refractivity contribution < 1.29 is 4.39 Å². The fourth-order valence-corrected chi connectivity index (χ4v) is 2.81. The summed E-state index contributed by atoms with van der Waals surface area (Å²) in [5, 5.41) is 0. The van der Waals surface area contributed by atoms with Crippen LogP contribution >= 0.6 is 0 Å². The summed E-state index contributed by atoms with van der Waals surface area (Å²) >= 11 is 0. The number of nitrogens with zero attached hydrogens (tertiary/aromatic N) is 1. The zero-order valence-corrected chi connectivity index (χ0v) is 8.02. The Morgan fingerprint density at radius 1 is 1.50 bits per heavy atom. The van der Waals surface area contributed by atoms with Gasteiger partial charge in [-0.05, 0) is 24.7 Å². The van der Waals surface area contributed by atoms with Gasteiger partial charge in [0.15, 0.2) is 0 Å². The molecule has 1 aliphatic carbocycles. The van der Waals surface area contributed by atoms with Crippen molar-refractivity contribution in [3.63, 3.8) is 0 Å². The van der Waals surface area contributed by atoms with E-state index in [1.165, 1.54) is 0 Å². The second-order valence-corrected chi connectivity index (χ2v) is 4.93. The number of halogens is 1. The molecule has 0 aromatic rings. The van der Waals surface area contributed by atoms with Crippen molar-refractivity contribution in [2.75, 3.05) is 19.8 Å². The third-order valence-electron chi connectivity index (χ3n) is 3.32. The highest BCUT2D eigenvalue weighted by Crippen LogP contribution is 2.50. The van der Waals surface area contributed by atoms with Crippen molar-refractivity contribution >= 4 is 0 Å². The Morgan fingerprint density at radius 2 is 2.17 bits per heavy atom. The van der Waals surface area contributed by atoms with Gasteiger partial charge in [-0.15, -0.1) is 0 Å². The lowest BCUT2D eigenvalue weighted by Gasteiger charge is -2.40. The van der Waals surface area contributed by atoms with Gasteiger partial charge in [0, 0.05) is 18.6 Å². The van der Waals surface area contributed by atoms with Crippen LogP contribution in [-0.4, -0.2) is 30.2 Å². The topological polar surface area (TPSA) is 3.24 Å². The van der Waals surface area contributed by atoms with Crippen LogP contribution in [0.5, 0.6) is 0 Å². The Kier molecular flexibility index (Phi) is 1.90. The van der Waals surface area contributed by atoms with Crippen LogP contribution in [-0.2, 0) is 0 Å². The molecule has 0 amide bonds. The van der Waals surface area contributed by atoms with Crippen molar-refractivity contribution in [1.29, 1.82) is 0 Å². The molecule has 1 nitrogen and oxygen atoms in total. The Hall–Kier alpha value is -0.110. The van der Waals surface area contributed by atoms with E-state index in [1.807, 2.05) is 0 Å². The van der Waals surface area contributed by atoms with Crippen molar-refractivity contribution in [3.05, 3.63) is 0 Å². The van der Waals surface area contributed by atoms with Crippen molar-refractivity contribution in [3.8, 4) is 0 Å². The van der Waals surface area contributed by atoms with Gasteiger partial charge >= 0.3 is 0 Å². The summed E-state index contributed by atoms with van der Waals surface area (Å²) in [7, 11) is 0. The highest BCUT2D eigenvalue weighted by molar-refractivity contribution is 5.10. The van der Waals surface area contributed by atoms with Gasteiger partial charge in [0.05, 0.1) is 0 Å². The van der Waals surface area contributed by atoms with E-state index < -0.39 is 0 Å². The lowest BCUT2D eigenvalue weighted by molar-refractivity contribution is 0.0676. The second kappa shape index (κ2) is 2.69. The maximum absolute atomic E-state index is 12.8. The van der Waals surface area contributed by atoms with Gasteiger partial charge in [0.25, 0.3) is 0 Å². The summed E-state index contributed by atoms with van der Waals surface area (Å²) < 4.78 is 12.8. The van der Waals surface area contributed by atoms with Crippen LogP contribution in [0, 0.1) is 11.8 Å². The van der Waals surface area contributed by atoms with E-state index >= 15 is 0 Å². The zero-order chi connectivity index (χ0) is 8.77. The minimum Gasteiger partial charge on any atom is -0.294 e. The monoisotopic (exact) mass is 171 g/mol. The molecule has 0 spiro atoms. The number of hydrogen-bond acceptors (Lipinski definition) is 1. The molecule has 12 heavy (non-hydrogen) atoms. The van der Waals surface area contributed by atoms with E-state index in [-0.39, 0.29) is 12.2 Å².